The highest BCUT2D eigenvalue weighted by Crippen LogP contribution is 2.35. The van der Waals surface area contributed by atoms with Gasteiger partial charge in [0.25, 0.3) is 6.43 Å². The first-order valence-electron chi connectivity index (χ1n) is 11.1. The van der Waals surface area contributed by atoms with E-state index >= 15 is 0 Å². The summed E-state index contributed by atoms with van der Waals surface area (Å²) in [5, 5.41) is 9.92. The minimum absolute atomic E-state index is 0.00498. The average Bonchev–Trinajstić information content (AvgIpc) is 3.49. The Balaban J connectivity index is 1.60. The van der Waals surface area contributed by atoms with Gasteiger partial charge >= 0.3 is 0 Å². The molecular weight excluding hydrogens is 492 g/mol. The molecule has 3 N–H and O–H groups in total. The highest BCUT2D eigenvalue weighted by molar-refractivity contribution is 7.90. The van der Waals surface area contributed by atoms with Gasteiger partial charge in [0.2, 0.25) is 5.91 Å². The molecule has 3 heterocycles. The topological polar surface area (TPSA) is 135 Å². The number of alkyl halides is 2. The smallest absolute Gasteiger partial charge is 0.295 e. The summed E-state index contributed by atoms with van der Waals surface area (Å²) in [6.45, 7) is 1.87. The van der Waals surface area contributed by atoms with Crippen LogP contribution in [0.1, 0.15) is 30.8 Å². The lowest BCUT2D eigenvalue weighted by molar-refractivity contribution is -0.117. The zero-order valence-electron chi connectivity index (χ0n) is 19.6. The number of fused-ring (bicyclic) bond motifs is 1. The highest BCUT2D eigenvalue weighted by atomic mass is 32.2. The number of aryl methyl sites for hydroxylation is 1. The van der Waals surface area contributed by atoms with E-state index in [4.69, 9.17) is 0 Å². The average molecular weight is 516 g/mol. The Morgan fingerprint density at radius 1 is 1.19 bits per heavy atom. The molecule has 0 atom stereocenters. The van der Waals surface area contributed by atoms with Crippen molar-refractivity contribution >= 4 is 44.1 Å². The molecule has 0 spiro atoms. The zero-order valence-corrected chi connectivity index (χ0v) is 20.4. The number of amides is 1. The second-order valence-corrected chi connectivity index (χ2v) is 10.8. The van der Waals surface area contributed by atoms with Gasteiger partial charge in [-0.05, 0) is 37.5 Å². The molecular formula is C23H23F2N7O3S. The maximum Gasteiger partial charge on any atom is 0.295 e. The molecule has 1 aliphatic carbocycles. The van der Waals surface area contributed by atoms with Crippen molar-refractivity contribution in [1.82, 2.24) is 24.7 Å². The molecule has 1 amide bonds. The van der Waals surface area contributed by atoms with Crippen LogP contribution in [0, 0.1) is 12.8 Å². The van der Waals surface area contributed by atoms with E-state index in [1.165, 1.54) is 12.1 Å². The van der Waals surface area contributed by atoms with E-state index in [1.807, 2.05) is 6.92 Å². The minimum Gasteiger partial charge on any atom is -0.353 e. The predicted octanol–water partition coefficient (Wildman–Crippen LogP) is 4.10. The molecule has 3 aromatic heterocycles. The van der Waals surface area contributed by atoms with Crippen molar-refractivity contribution < 1.29 is 22.0 Å². The Morgan fingerprint density at radius 2 is 1.94 bits per heavy atom. The van der Waals surface area contributed by atoms with Crippen LogP contribution < -0.4 is 10.6 Å². The van der Waals surface area contributed by atoms with Crippen LogP contribution in [0.4, 0.5) is 26.0 Å². The third-order valence-corrected chi connectivity index (χ3v) is 7.22. The van der Waals surface area contributed by atoms with Crippen LogP contribution in [-0.2, 0) is 21.7 Å². The summed E-state index contributed by atoms with van der Waals surface area (Å²) in [6, 6.07) is 6.33. The zero-order chi connectivity index (χ0) is 25.8. The number of sulfone groups is 1. The van der Waals surface area contributed by atoms with Gasteiger partial charge < -0.3 is 15.6 Å². The lowest BCUT2D eigenvalue weighted by Gasteiger charge is -2.14. The lowest BCUT2D eigenvalue weighted by Crippen LogP contribution is -2.14. The molecule has 13 heteroatoms. The monoisotopic (exact) mass is 515 g/mol. The number of carbonyl (C=O) groups excluding carboxylic acids is 1. The van der Waals surface area contributed by atoms with Gasteiger partial charge in [-0.2, -0.15) is 5.10 Å². The van der Waals surface area contributed by atoms with Crippen molar-refractivity contribution in [2.45, 2.75) is 31.1 Å². The molecule has 5 rings (SSSR count). The van der Waals surface area contributed by atoms with Gasteiger partial charge in [0.05, 0.1) is 22.5 Å². The standard InChI is InChI=1S/C23H23F2N7O3S/c1-11-14(10-26-32(11)2)13-6-7-15(17(8-13)36(3,34)35)27-16-9-18(29-23(33)12-4-5-12)28-21-19(16)30-22(31-21)20(24)25/h6-10,12,20H,4-5H2,1-3H3,(H3,27,28,29,30,31,33). The second-order valence-electron chi connectivity index (χ2n) is 8.82. The van der Waals surface area contributed by atoms with Gasteiger partial charge in [-0.1, -0.05) is 6.07 Å². The third kappa shape index (κ3) is 4.53. The Hall–Kier alpha value is -3.87. The molecule has 1 saturated carbocycles. The molecule has 1 fully saturated rings. The number of aromatic amines is 1. The number of hydrogen-bond donors (Lipinski definition) is 3. The van der Waals surface area contributed by atoms with Crippen molar-refractivity contribution in [3.63, 3.8) is 0 Å². The molecule has 1 aliphatic rings. The van der Waals surface area contributed by atoms with Gasteiger partial charge in [0.1, 0.15) is 11.3 Å². The quantitative estimate of drug-likeness (QED) is 0.337. The van der Waals surface area contributed by atoms with E-state index < -0.39 is 22.1 Å². The number of aromatic nitrogens is 5. The van der Waals surface area contributed by atoms with Crippen LogP contribution in [0.25, 0.3) is 22.3 Å². The van der Waals surface area contributed by atoms with Crippen molar-refractivity contribution in [3.05, 3.63) is 42.0 Å². The van der Waals surface area contributed by atoms with E-state index in [9.17, 15) is 22.0 Å². The van der Waals surface area contributed by atoms with E-state index in [-0.39, 0.29) is 45.1 Å². The summed E-state index contributed by atoms with van der Waals surface area (Å²) < 4.78 is 53.8. The molecule has 1 aromatic carbocycles. The first-order chi connectivity index (χ1) is 17.0. The Bertz CT molecular complexity index is 1610. The second kappa shape index (κ2) is 8.66. The number of H-pyrrole nitrogens is 1. The van der Waals surface area contributed by atoms with Crippen LogP contribution in [0.2, 0.25) is 0 Å². The number of halogens is 2. The number of benzene rings is 1. The normalized spacial score (nSPS) is 13.9. The third-order valence-electron chi connectivity index (χ3n) is 6.08. The molecule has 0 bridgehead atoms. The van der Waals surface area contributed by atoms with Crippen LogP contribution >= 0.6 is 0 Å². The van der Waals surface area contributed by atoms with Crippen molar-refractivity contribution in [3.8, 4) is 11.1 Å². The maximum absolute atomic E-state index is 13.4. The van der Waals surface area contributed by atoms with Crippen LogP contribution in [-0.4, -0.2) is 45.3 Å². The fourth-order valence-electron chi connectivity index (χ4n) is 3.87. The number of pyridine rings is 1. The number of nitrogens with zero attached hydrogens (tertiary/aromatic N) is 4. The minimum atomic E-state index is -3.70. The van der Waals surface area contributed by atoms with E-state index in [0.717, 1.165) is 30.4 Å². The predicted molar refractivity (Wildman–Crippen MR) is 130 cm³/mol. The van der Waals surface area contributed by atoms with Gasteiger partial charge in [-0.3, -0.25) is 9.48 Å². The molecule has 0 radical (unpaired) electrons. The summed E-state index contributed by atoms with van der Waals surface area (Å²) in [4.78, 5) is 22.9. The highest BCUT2D eigenvalue weighted by Gasteiger charge is 2.30. The summed E-state index contributed by atoms with van der Waals surface area (Å²) in [5.74, 6) is -0.782. The number of anilines is 3. The number of nitrogens with one attached hydrogen (secondary N) is 3. The molecule has 0 aliphatic heterocycles. The van der Waals surface area contributed by atoms with Gasteiger partial charge in [-0.15, -0.1) is 0 Å². The number of rotatable bonds is 7. The largest absolute Gasteiger partial charge is 0.353 e. The SMILES string of the molecule is Cc1c(-c2ccc(Nc3cc(NC(=O)C4CC4)nc4nc(C(F)F)[nH]c34)c(S(C)(=O)=O)c2)cnn1C. The van der Waals surface area contributed by atoms with Gasteiger partial charge in [-0.25, -0.2) is 27.2 Å². The maximum atomic E-state index is 13.4. The Labute approximate surface area is 205 Å². The molecule has 10 nitrogen and oxygen atoms in total. The number of carbonyl (C=O) groups is 1. The van der Waals surface area contributed by atoms with Crippen LogP contribution in [0.15, 0.2) is 35.4 Å². The van der Waals surface area contributed by atoms with Crippen molar-refractivity contribution in [2.75, 3.05) is 16.9 Å². The summed E-state index contributed by atoms with van der Waals surface area (Å²) in [6.07, 6.45) is 1.42. The molecule has 188 valence electrons. The van der Waals surface area contributed by atoms with Crippen molar-refractivity contribution in [2.24, 2.45) is 13.0 Å². The molecule has 0 unspecified atom stereocenters. The first kappa shape index (κ1) is 23.9. The van der Waals surface area contributed by atoms with E-state index in [1.54, 1.807) is 30.1 Å². The van der Waals surface area contributed by atoms with Crippen LogP contribution in [0.5, 0.6) is 0 Å². The van der Waals surface area contributed by atoms with Crippen molar-refractivity contribution in [1.29, 1.82) is 0 Å². The number of imidazole rings is 1. The summed E-state index contributed by atoms with van der Waals surface area (Å²) in [7, 11) is -1.91. The summed E-state index contributed by atoms with van der Waals surface area (Å²) in [5.41, 5.74) is 2.87. The Morgan fingerprint density at radius 3 is 2.56 bits per heavy atom. The molecule has 4 aromatic rings. The van der Waals surface area contributed by atoms with Gasteiger partial charge in [0.15, 0.2) is 21.3 Å². The first-order valence-corrected chi connectivity index (χ1v) is 13.0. The number of hydrogen-bond acceptors (Lipinski definition) is 7. The Kier molecular flexibility index (Phi) is 5.74. The molecule has 0 saturated heterocycles. The molecule has 36 heavy (non-hydrogen) atoms. The van der Waals surface area contributed by atoms with E-state index in [2.05, 4.69) is 30.7 Å². The van der Waals surface area contributed by atoms with E-state index in [0.29, 0.717) is 5.56 Å². The summed E-state index contributed by atoms with van der Waals surface area (Å²) >= 11 is 0. The van der Waals surface area contributed by atoms with Crippen LogP contribution in [0.3, 0.4) is 0 Å². The van der Waals surface area contributed by atoms with Gasteiger partial charge in [0, 0.05) is 36.5 Å². The fraction of sp³-hybridized carbons (Fsp3) is 0.304. The lowest BCUT2D eigenvalue weighted by atomic mass is 10.1. The fourth-order valence-corrected chi connectivity index (χ4v) is 4.73.